The summed E-state index contributed by atoms with van der Waals surface area (Å²) >= 11 is 0. The molecule has 0 radical (unpaired) electrons. The van der Waals surface area contributed by atoms with E-state index < -0.39 is 0 Å². The van der Waals surface area contributed by atoms with E-state index >= 15 is 0 Å². The molecule has 4 heteroatoms. The Bertz CT molecular complexity index is 413. The first-order valence-corrected chi connectivity index (χ1v) is 12.5. The Morgan fingerprint density at radius 3 is 1.21 bits per heavy atom. The molecule has 1 aliphatic carbocycles. The average Bonchev–Trinajstić information content (AvgIpc) is 2.74. The van der Waals surface area contributed by atoms with E-state index in [9.17, 15) is 9.59 Å². The molecular formula is C25H46O4. The van der Waals surface area contributed by atoms with Crippen LogP contribution < -0.4 is 0 Å². The summed E-state index contributed by atoms with van der Waals surface area (Å²) in [6.07, 6.45) is 18.8. The van der Waals surface area contributed by atoms with Crippen molar-refractivity contribution in [2.24, 2.45) is 11.8 Å². The fourth-order valence-corrected chi connectivity index (χ4v) is 4.09. The third kappa shape index (κ3) is 13.0. The summed E-state index contributed by atoms with van der Waals surface area (Å²) in [4.78, 5) is 24.4. The molecule has 0 amide bonds. The standard InChI is InChI=1S/C25H46O4/c1-3-5-7-9-10-11-13-15-21-29-25(27)23-18-16-22(17-19-23)24(26)28-20-14-12-8-6-4-2/h22-23H,3-21H2,1-2H3. The number of esters is 2. The predicted molar refractivity (Wildman–Crippen MR) is 119 cm³/mol. The molecule has 29 heavy (non-hydrogen) atoms. The van der Waals surface area contributed by atoms with Crippen molar-refractivity contribution in [2.45, 2.75) is 123 Å². The molecule has 1 rings (SSSR count). The minimum atomic E-state index is -0.0637. The Hall–Kier alpha value is -1.06. The van der Waals surface area contributed by atoms with Gasteiger partial charge in [0.25, 0.3) is 0 Å². The molecule has 1 aliphatic rings. The number of hydrogen-bond donors (Lipinski definition) is 0. The highest BCUT2D eigenvalue weighted by atomic mass is 16.5. The first kappa shape index (κ1) is 26.0. The highest BCUT2D eigenvalue weighted by Gasteiger charge is 2.31. The highest BCUT2D eigenvalue weighted by molar-refractivity contribution is 5.75. The molecule has 0 aromatic carbocycles. The van der Waals surface area contributed by atoms with Gasteiger partial charge >= 0.3 is 11.9 Å². The van der Waals surface area contributed by atoms with Crippen molar-refractivity contribution in [3.63, 3.8) is 0 Å². The second kappa shape index (κ2) is 17.8. The number of rotatable bonds is 17. The van der Waals surface area contributed by atoms with Crippen molar-refractivity contribution in [1.29, 1.82) is 0 Å². The molecule has 0 aromatic rings. The monoisotopic (exact) mass is 410 g/mol. The summed E-state index contributed by atoms with van der Waals surface area (Å²) in [6, 6.07) is 0. The van der Waals surface area contributed by atoms with Crippen molar-refractivity contribution in [3.8, 4) is 0 Å². The number of ether oxygens (including phenoxy) is 2. The summed E-state index contributed by atoms with van der Waals surface area (Å²) < 4.78 is 10.9. The molecule has 1 saturated carbocycles. The number of carbonyl (C=O) groups is 2. The van der Waals surface area contributed by atoms with Gasteiger partial charge in [0.1, 0.15) is 0 Å². The van der Waals surface area contributed by atoms with E-state index in [4.69, 9.17) is 9.47 Å². The van der Waals surface area contributed by atoms with E-state index in [2.05, 4.69) is 13.8 Å². The molecular weight excluding hydrogens is 364 g/mol. The molecule has 0 unspecified atom stereocenters. The molecule has 0 spiro atoms. The second-order valence-electron chi connectivity index (χ2n) is 8.77. The Kier molecular flexibility index (Phi) is 15.9. The third-order valence-electron chi connectivity index (χ3n) is 6.13. The Labute approximate surface area is 179 Å². The average molecular weight is 411 g/mol. The van der Waals surface area contributed by atoms with E-state index in [0.29, 0.717) is 13.2 Å². The van der Waals surface area contributed by atoms with Gasteiger partial charge in [0, 0.05) is 0 Å². The molecule has 0 N–H and O–H groups in total. The van der Waals surface area contributed by atoms with E-state index in [1.807, 2.05) is 0 Å². The summed E-state index contributed by atoms with van der Waals surface area (Å²) in [5, 5.41) is 0. The van der Waals surface area contributed by atoms with Crippen molar-refractivity contribution in [1.82, 2.24) is 0 Å². The van der Waals surface area contributed by atoms with Gasteiger partial charge in [-0.1, -0.05) is 84.5 Å². The van der Waals surface area contributed by atoms with Crippen LogP contribution in [0.25, 0.3) is 0 Å². The zero-order valence-electron chi connectivity index (χ0n) is 19.2. The van der Waals surface area contributed by atoms with E-state index in [1.165, 1.54) is 57.8 Å². The van der Waals surface area contributed by atoms with Crippen LogP contribution in [0.15, 0.2) is 0 Å². The molecule has 0 aromatic heterocycles. The van der Waals surface area contributed by atoms with Crippen LogP contribution in [0, 0.1) is 11.8 Å². The van der Waals surface area contributed by atoms with Crippen LogP contribution >= 0.6 is 0 Å². The summed E-state index contributed by atoms with van der Waals surface area (Å²) in [7, 11) is 0. The van der Waals surface area contributed by atoms with Gasteiger partial charge in [-0.25, -0.2) is 0 Å². The molecule has 0 atom stereocenters. The van der Waals surface area contributed by atoms with Crippen molar-refractivity contribution >= 4 is 11.9 Å². The minimum absolute atomic E-state index is 0.0256. The van der Waals surface area contributed by atoms with E-state index in [0.717, 1.165) is 51.4 Å². The molecule has 170 valence electrons. The SMILES string of the molecule is CCCCCCCCCCOC(=O)C1CCC(C(=O)OCCCCCCC)CC1. The molecule has 1 fully saturated rings. The molecule has 0 aliphatic heterocycles. The Morgan fingerprint density at radius 2 is 0.862 bits per heavy atom. The maximum absolute atomic E-state index is 12.2. The normalized spacial score (nSPS) is 19.1. The predicted octanol–water partition coefficient (Wildman–Crippen LogP) is 6.99. The lowest BCUT2D eigenvalue weighted by Gasteiger charge is -2.26. The van der Waals surface area contributed by atoms with Crippen LogP contribution in [0.5, 0.6) is 0 Å². The Balaban J connectivity index is 2.01. The van der Waals surface area contributed by atoms with Gasteiger partial charge in [-0.05, 0) is 38.5 Å². The van der Waals surface area contributed by atoms with Crippen LogP contribution in [-0.4, -0.2) is 25.2 Å². The topological polar surface area (TPSA) is 52.6 Å². The van der Waals surface area contributed by atoms with E-state index in [1.54, 1.807) is 0 Å². The lowest BCUT2D eigenvalue weighted by molar-refractivity contribution is -0.155. The summed E-state index contributed by atoms with van der Waals surface area (Å²) in [5.41, 5.74) is 0. The number of hydrogen-bond acceptors (Lipinski definition) is 4. The van der Waals surface area contributed by atoms with Gasteiger partial charge in [-0.15, -0.1) is 0 Å². The maximum atomic E-state index is 12.2. The number of unbranched alkanes of at least 4 members (excludes halogenated alkanes) is 11. The first-order valence-electron chi connectivity index (χ1n) is 12.5. The lowest BCUT2D eigenvalue weighted by Crippen LogP contribution is -2.28. The van der Waals surface area contributed by atoms with Crippen LogP contribution in [0.4, 0.5) is 0 Å². The van der Waals surface area contributed by atoms with Gasteiger partial charge in [0.2, 0.25) is 0 Å². The maximum Gasteiger partial charge on any atom is 0.308 e. The Morgan fingerprint density at radius 1 is 0.552 bits per heavy atom. The van der Waals surface area contributed by atoms with Gasteiger partial charge in [0.05, 0.1) is 25.0 Å². The van der Waals surface area contributed by atoms with Crippen molar-refractivity contribution in [3.05, 3.63) is 0 Å². The van der Waals surface area contributed by atoms with Crippen molar-refractivity contribution < 1.29 is 19.1 Å². The summed E-state index contributed by atoms with van der Waals surface area (Å²) in [6.45, 7) is 5.53. The third-order valence-corrected chi connectivity index (χ3v) is 6.13. The number of carbonyl (C=O) groups excluding carboxylic acids is 2. The largest absolute Gasteiger partial charge is 0.465 e. The minimum Gasteiger partial charge on any atom is -0.465 e. The smallest absolute Gasteiger partial charge is 0.308 e. The second-order valence-corrected chi connectivity index (χ2v) is 8.77. The fraction of sp³-hybridized carbons (Fsp3) is 0.920. The van der Waals surface area contributed by atoms with Crippen LogP contribution in [0.2, 0.25) is 0 Å². The van der Waals surface area contributed by atoms with E-state index in [-0.39, 0.29) is 23.8 Å². The zero-order valence-corrected chi connectivity index (χ0v) is 19.2. The molecule has 0 heterocycles. The van der Waals surface area contributed by atoms with Gasteiger partial charge < -0.3 is 9.47 Å². The quantitative estimate of drug-likeness (QED) is 0.191. The summed E-state index contributed by atoms with van der Waals surface area (Å²) in [5.74, 6) is -0.175. The lowest BCUT2D eigenvalue weighted by atomic mass is 9.82. The molecule has 4 nitrogen and oxygen atoms in total. The highest BCUT2D eigenvalue weighted by Crippen LogP contribution is 2.30. The zero-order chi connectivity index (χ0) is 21.2. The fourth-order valence-electron chi connectivity index (χ4n) is 4.09. The van der Waals surface area contributed by atoms with Gasteiger partial charge in [-0.2, -0.15) is 0 Å². The van der Waals surface area contributed by atoms with Gasteiger partial charge in [-0.3, -0.25) is 9.59 Å². The van der Waals surface area contributed by atoms with Crippen LogP contribution in [-0.2, 0) is 19.1 Å². The van der Waals surface area contributed by atoms with Crippen LogP contribution in [0.1, 0.15) is 123 Å². The van der Waals surface area contributed by atoms with Crippen molar-refractivity contribution in [2.75, 3.05) is 13.2 Å². The first-order chi connectivity index (χ1) is 14.2. The van der Waals surface area contributed by atoms with Gasteiger partial charge in [0.15, 0.2) is 0 Å². The molecule has 0 bridgehead atoms. The van der Waals surface area contributed by atoms with Crippen LogP contribution in [0.3, 0.4) is 0 Å². The molecule has 0 saturated heterocycles.